The largest absolute Gasteiger partial charge is 0.266 e. The highest BCUT2D eigenvalue weighted by atomic mass is 35.5. The maximum absolute atomic E-state index is 6.98. The van der Waals surface area contributed by atoms with Gasteiger partial charge in [0.05, 0.1) is 0 Å². The summed E-state index contributed by atoms with van der Waals surface area (Å²) in [5.74, 6) is 0. The second-order valence-electron chi connectivity index (χ2n) is 5.52. The molecule has 0 bridgehead atoms. The minimum absolute atomic E-state index is 0.610. The summed E-state index contributed by atoms with van der Waals surface area (Å²) in [5, 5.41) is 1.47. The average molecular weight is 336 g/mol. The molecule has 1 unspecified atom stereocenters. The van der Waals surface area contributed by atoms with Crippen LogP contribution in [0.3, 0.4) is 0 Å². The number of hydroxylamine groups is 2. The Balaban J connectivity index is 2.00. The first kappa shape index (κ1) is 15.8. The molecule has 1 aliphatic heterocycles. The van der Waals surface area contributed by atoms with Crippen molar-refractivity contribution in [3.63, 3.8) is 0 Å². The van der Waals surface area contributed by atoms with Crippen LogP contribution in [0.15, 0.2) is 54.6 Å². The molecule has 1 heterocycles. The van der Waals surface area contributed by atoms with E-state index in [9.17, 15) is 0 Å². The van der Waals surface area contributed by atoms with Crippen molar-refractivity contribution in [1.29, 1.82) is 0 Å². The molecule has 0 aromatic heterocycles. The fourth-order valence-corrected chi connectivity index (χ4v) is 3.47. The van der Waals surface area contributed by atoms with Crippen molar-refractivity contribution in [2.45, 2.75) is 24.3 Å². The van der Waals surface area contributed by atoms with Crippen molar-refractivity contribution < 1.29 is 4.84 Å². The van der Waals surface area contributed by atoms with Gasteiger partial charge in [0.1, 0.15) is 0 Å². The maximum atomic E-state index is 6.98. The monoisotopic (exact) mass is 335 g/mol. The number of benzene rings is 2. The van der Waals surface area contributed by atoms with Gasteiger partial charge in [-0.25, -0.2) is 0 Å². The molecule has 1 atom stereocenters. The van der Waals surface area contributed by atoms with E-state index in [1.165, 1.54) is 6.42 Å². The molecule has 1 fully saturated rings. The number of nitrogens with zero attached hydrogens (tertiary/aromatic N) is 1. The number of hydrogen-bond acceptors (Lipinski definition) is 2. The van der Waals surface area contributed by atoms with Crippen molar-refractivity contribution in [3.8, 4) is 0 Å². The van der Waals surface area contributed by atoms with Crippen molar-refractivity contribution in [2.24, 2.45) is 0 Å². The van der Waals surface area contributed by atoms with Gasteiger partial charge in [-0.3, -0.25) is 4.84 Å². The van der Waals surface area contributed by atoms with Crippen LogP contribution < -0.4 is 0 Å². The predicted octanol–water partition coefficient (Wildman–Crippen LogP) is 5.20. The summed E-state index contributed by atoms with van der Waals surface area (Å²) in [6.07, 6.45) is 3.50. The lowest BCUT2D eigenvalue weighted by Gasteiger charge is -2.36. The molecule has 22 heavy (non-hydrogen) atoms. The zero-order chi connectivity index (χ0) is 15.4. The van der Waals surface area contributed by atoms with Crippen molar-refractivity contribution in [2.75, 3.05) is 13.1 Å². The lowest BCUT2D eigenvalue weighted by atomic mass is 10.0. The minimum Gasteiger partial charge on any atom is -0.266 e. The minimum atomic E-state index is -1.10. The molecule has 0 saturated carbocycles. The van der Waals surface area contributed by atoms with Crippen molar-refractivity contribution >= 4 is 23.2 Å². The van der Waals surface area contributed by atoms with E-state index in [1.807, 2.05) is 59.7 Å². The maximum Gasteiger partial charge on any atom is 0.214 e. The molecule has 0 N–H and O–H groups in total. The number of alkyl halides is 1. The van der Waals surface area contributed by atoms with Crippen LogP contribution in [0.1, 0.15) is 30.4 Å². The fraction of sp³-hybridized carbons (Fsp3) is 0.333. The first-order valence-electron chi connectivity index (χ1n) is 7.64. The van der Waals surface area contributed by atoms with Crippen LogP contribution in [-0.4, -0.2) is 18.2 Å². The van der Waals surface area contributed by atoms with Crippen molar-refractivity contribution in [3.05, 3.63) is 70.7 Å². The molecule has 0 spiro atoms. The van der Waals surface area contributed by atoms with Gasteiger partial charge < -0.3 is 0 Å². The van der Waals surface area contributed by atoms with Crippen LogP contribution >= 0.6 is 23.2 Å². The molecule has 116 valence electrons. The summed E-state index contributed by atoms with van der Waals surface area (Å²) in [4.78, 5) is 6.25. The van der Waals surface area contributed by atoms with E-state index in [0.717, 1.165) is 37.1 Å². The van der Waals surface area contributed by atoms with Crippen molar-refractivity contribution in [1.82, 2.24) is 5.06 Å². The van der Waals surface area contributed by atoms with E-state index in [-0.39, 0.29) is 0 Å². The predicted molar refractivity (Wildman–Crippen MR) is 91.0 cm³/mol. The molecule has 0 amide bonds. The number of halogens is 2. The molecule has 2 aromatic carbocycles. The first-order valence-corrected chi connectivity index (χ1v) is 8.39. The van der Waals surface area contributed by atoms with E-state index in [4.69, 9.17) is 28.0 Å². The summed E-state index contributed by atoms with van der Waals surface area (Å²) in [7, 11) is 0. The summed E-state index contributed by atoms with van der Waals surface area (Å²) in [6.45, 7) is 1.79. The molecule has 0 aliphatic carbocycles. The summed E-state index contributed by atoms with van der Waals surface area (Å²) in [6, 6.07) is 17.4. The van der Waals surface area contributed by atoms with Gasteiger partial charge in [0.25, 0.3) is 0 Å². The third-order valence-electron chi connectivity index (χ3n) is 3.94. The van der Waals surface area contributed by atoms with Gasteiger partial charge in [0.15, 0.2) is 0 Å². The van der Waals surface area contributed by atoms with E-state index < -0.39 is 5.06 Å². The average Bonchev–Trinajstić information content (AvgIpc) is 2.57. The molecule has 4 heteroatoms. The summed E-state index contributed by atoms with van der Waals surface area (Å²) < 4.78 is 0. The zero-order valence-corrected chi connectivity index (χ0v) is 13.9. The molecular formula is C18H19Cl2NO. The normalized spacial score (nSPS) is 18.8. The van der Waals surface area contributed by atoms with Crippen LogP contribution in [0.4, 0.5) is 0 Å². The quantitative estimate of drug-likeness (QED) is 0.712. The van der Waals surface area contributed by atoms with Crippen LogP contribution in [-0.2, 0) is 9.90 Å². The SMILES string of the molecule is Clc1ccccc1C(Cl)(ON1CCCCC1)c1ccccc1. The van der Waals surface area contributed by atoms with Gasteiger partial charge in [-0.1, -0.05) is 78.2 Å². The molecule has 2 nitrogen and oxygen atoms in total. The Bertz CT molecular complexity index is 613. The van der Waals surface area contributed by atoms with E-state index in [1.54, 1.807) is 0 Å². The Kier molecular flexibility index (Phi) is 5.04. The van der Waals surface area contributed by atoms with Crippen LogP contribution in [0.5, 0.6) is 0 Å². The van der Waals surface area contributed by atoms with E-state index in [2.05, 4.69) is 0 Å². The number of rotatable bonds is 4. The van der Waals surface area contributed by atoms with E-state index in [0.29, 0.717) is 5.02 Å². The highest BCUT2D eigenvalue weighted by Crippen LogP contribution is 2.42. The lowest BCUT2D eigenvalue weighted by molar-refractivity contribution is -0.213. The Hall–Kier alpha value is -1.06. The molecule has 2 aromatic rings. The van der Waals surface area contributed by atoms with Gasteiger partial charge >= 0.3 is 0 Å². The second-order valence-corrected chi connectivity index (χ2v) is 6.46. The van der Waals surface area contributed by atoms with Gasteiger partial charge in [0, 0.05) is 29.2 Å². The third kappa shape index (κ3) is 3.31. The number of piperidine rings is 1. The topological polar surface area (TPSA) is 12.5 Å². The Morgan fingerprint density at radius 2 is 1.50 bits per heavy atom. The van der Waals surface area contributed by atoms with Gasteiger partial charge in [-0.15, -0.1) is 0 Å². The molecule has 3 rings (SSSR count). The second kappa shape index (κ2) is 7.01. The van der Waals surface area contributed by atoms with Gasteiger partial charge in [-0.2, -0.15) is 5.06 Å². The van der Waals surface area contributed by atoms with E-state index >= 15 is 0 Å². The Morgan fingerprint density at radius 1 is 0.864 bits per heavy atom. The fourth-order valence-electron chi connectivity index (χ4n) is 2.77. The number of hydrogen-bond donors (Lipinski definition) is 0. The van der Waals surface area contributed by atoms with Crippen LogP contribution in [0.25, 0.3) is 0 Å². The molecule has 0 radical (unpaired) electrons. The highest BCUT2D eigenvalue weighted by Gasteiger charge is 2.37. The van der Waals surface area contributed by atoms with Gasteiger partial charge in [0.2, 0.25) is 5.06 Å². The molecule has 1 aliphatic rings. The lowest BCUT2D eigenvalue weighted by Crippen LogP contribution is -2.38. The van der Waals surface area contributed by atoms with Gasteiger partial charge in [-0.05, 0) is 18.9 Å². The third-order valence-corrected chi connectivity index (χ3v) is 4.76. The first-order chi connectivity index (χ1) is 10.7. The Labute approximate surface area is 141 Å². The zero-order valence-electron chi connectivity index (χ0n) is 12.3. The summed E-state index contributed by atoms with van der Waals surface area (Å²) >= 11 is 13.4. The molecular weight excluding hydrogens is 317 g/mol. The molecule has 1 saturated heterocycles. The standard InChI is InChI=1S/C18H19Cl2NO/c19-17-12-6-5-11-16(17)18(20,15-9-3-1-4-10-15)22-21-13-7-2-8-14-21/h1,3-6,9-12H,2,7-8,13-14H2. The highest BCUT2D eigenvalue weighted by molar-refractivity contribution is 6.33. The Morgan fingerprint density at radius 3 is 2.18 bits per heavy atom. The smallest absolute Gasteiger partial charge is 0.214 e. The summed E-state index contributed by atoms with van der Waals surface area (Å²) in [5.41, 5.74) is 1.66. The van der Waals surface area contributed by atoms with Crippen LogP contribution in [0, 0.1) is 0 Å². The van der Waals surface area contributed by atoms with Crippen LogP contribution in [0.2, 0.25) is 5.02 Å².